The van der Waals surface area contributed by atoms with Gasteiger partial charge in [-0.05, 0) is 36.2 Å². The molecule has 1 aromatic heterocycles. The summed E-state index contributed by atoms with van der Waals surface area (Å²) < 4.78 is 1.03. The summed E-state index contributed by atoms with van der Waals surface area (Å²) in [5.74, 6) is 0.439. The van der Waals surface area contributed by atoms with Crippen molar-refractivity contribution in [3.63, 3.8) is 0 Å². The normalized spacial score (nSPS) is 13.0. The van der Waals surface area contributed by atoms with Gasteiger partial charge in [-0.15, -0.1) is 11.3 Å². The summed E-state index contributed by atoms with van der Waals surface area (Å²) in [7, 11) is 0. The monoisotopic (exact) mass is 343 g/mol. The number of hydrogen-bond donors (Lipinski definition) is 1. The van der Waals surface area contributed by atoms with E-state index in [0.29, 0.717) is 5.92 Å². The molecule has 0 amide bonds. The average molecular weight is 345 g/mol. The summed E-state index contributed by atoms with van der Waals surface area (Å²) in [5, 5.41) is 0.768. The Hall–Kier alpha value is -0.350. The van der Waals surface area contributed by atoms with Gasteiger partial charge in [-0.3, -0.25) is 0 Å². The highest BCUT2D eigenvalue weighted by Gasteiger charge is 2.14. The number of thiophene rings is 1. The molecule has 0 bridgehead atoms. The number of hydrogen-bond acceptors (Lipinski definition) is 2. The van der Waals surface area contributed by atoms with Gasteiger partial charge in [0.05, 0.1) is 0 Å². The molecule has 1 heterocycles. The van der Waals surface area contributed by atoms with E-state index in [1.165, 1.54) is 4.88 Å². The van der Waals surface area contributed by atoms with Crippen molar-refractivity contribution in [3.05, 3.63) is 44.7 Å². The summed E-state index contributed by atoms with van der Waals surface area (Å²) in [6.45, 7) is 4.27. The molecule has 2 rings (SSSR count). The van der Waals surface area contributed by atoms with Crippen molar-refractivity contribution in [2.75, 3.05) is 0 Å². The van der Waals surface area contributed by atoms with E-state index in [1.807, 2.05) is 18.2 Å². The highest BCUT2D eigenvalue weighted by Crippen LogP contribution is 2.37. The van der Waals surface area contributed by atoms with Crippen molar-refractivity contribution in [1.82, 2.24) is 0 Å². The van der Waals surface area contributed by atoms with Crippen LogP contribution in [0.15, 0.2) is 34.8 Å². The molecule has 18 heavy (non-hydrogen) atoms. The van der Waals surface area contributed by atoms with Gasteiger partial charge in [0.25, 0.3) is 0 Å². The molecule has 0 radical (unpaired) electrons. The van der Waals surface area contributed by atoms with E-state index in [0.717, 1.165) is 19.9 Å². The minimum atomic E-state index is 0.0923. The Morgan fingerprint density at radius 1 is 1.22 bits per heavy atom. The minimum absolute atomic E-state index is 0.0923. The van der Waals surface area contributed by atoms with Gasteiger partial charge in [0, 0.05) is 30.9 Å². The van der Waals surface area contributed by atoms with Crippen LogP contribution in [-0.2, 0) is 0 Å². The van der Waals surface area contributed by atoms with Crippen LogP contribution in [0.5, 0.6) is 0 Å². The Bertz CT molecular complexity index is 550. The molecular formula is C14H15BrClNS. The Kier molecular flexibility index (Phi) is 4.49. The van der Waals surface area contributed by atoms with E-state index >= 15 is 0 Å². The SMILES string of the molecule is CC(C)C(N)c1ccc(-c2cc(Br)ccc2Cl)s1. The van der Waals surface area contributed by atoms with Crippen molar-refractivity contribution in [1.29, 1.82) is 0 Å². The van der Waals surface area contributed by atoms with Crippen LogP contribution in [0.3, 0.4) is 0 Å². The van der Waals surface area contributed by atoms with Crippen LogP contribution < -0.4 is 5.73 Å². The van der Waals surface area contributed by atoms with Gasteiger partial charge in [-0.2, -0.15) is 0 Å². The number of benzene rings is 1. The molecule has 1 atom stereocenters. The Morgan fingerprint density at radius 3 is 2.61 bits per heavy atom. The summed E-state index contributed by atoms with van der Waals surface area (Å²) in [6, 6.07) is 10.2. The molecule has 4 heteroatoms. The van der Waals surface area contributed by atoms with Gasteiger partial charge in [-0.1, -0.05) is 41.4 Å². The van der Waals surface area contributed by atoms with Gasteiger partial charge < -0.3 is 5.73 Å². The minimum Gasteiger partial charge on any atom is -0.323 e. The van der Waals surface area contributed by atoms with E-state index in [9.17, 15) is 0 Å². The maximum absolute atomic E-state index is 6.24. The second-order valence-electron chi connectivity index (χ2n) is 4.60. The quantitative estimate of drug-likeness (QED) is 0.783. The van der Waals surface area contributed by atoms with Gasteiger partial charge in [0.2, 0.25) is 0 Å². The first-order valence-corrected chi connectivity index (χ1v) is 7.78. The lowest BCUT2D eigenvalue weighted by molar-refractivity contribution is 0.521. The summed E-state index contributed by atoms with van der Waals surface area (Å²) in [4.78, 5) is 2.36. The fourth-order valence-corrected chi connectivity index (χ4v) is 3.54. The van der Waals surface area contributed by atoms with Crippen LogP contribution in [0.4, 0.5) is 0 Å². The zero-order chi connectivity index (χ0) is 13.3. The van der Waals surface area contributed by atoms with Crippen LogP contribution in [-0.4, -0.2) is 0 Å². The van der Waals surface area contributed by atoms with Gasteiger partial charge in [-0.25, -0.2) is 0 Å². The fraction of sp³-hybridized carbons (Fsp3) is 0.286. The van der Waals surface area contributed by atoms with Gasteiger partial charge in [0.1, 0.15) is 0 Å². The van der Waals surface area contributed by atoms with Crippen LogP contribution in [0, 0.1) is 5.92 Å². The average Bonchev–Trinajstić information content (AvgIpc) is 2.80. The van der Waals surface area contributed by atoms with Crippen molar-refractivity contribution < 1.29 is 0 Å². The second-order valence-corrected chi connectivity index (χ2v) is 7.03. The molecule has 0 saturated heterocycles. The van der Waals surface area contributed by atoms with Crippen LogP contribution in [0.25, 0.3) is 10.4 Å². The Balaban J connectivity index is 2.38. The third kappa shape index (κ3) is 2.97. The van der Waals surface area contributed by atoms with Gasteiger partial charge >= 0.3 is 0 Å². The van der Waals surface area contributed by atoms with Gasteiger partial charge in [0.15, 0.2) is 0 Å². The Morgan fingerprint density at radius 2 is 1.94 bits per heavy atom. The topological polar surface area (TPSA) is 26.0 Å². The molecule has 0 spiro atoms. The molecule has 0 saturated carbocycles. The summed E-state index contributed by atoms with van der Waals surface area (Å²) in [5.41, 5.74) is 7.22. The molecular weight excluding hydrogens is 330 g/mol. The van der Waals surface area contributed by atoms with E-state index in [2.05, 4.69) is 41.9 Å². The van der Waals surface area contributed by atoms with E-state index in [4.69, 9.17) is 17.3 Å². The van der Waals surface area contributed by atoms with Crippen LogP contribution >= 0.6 is 38.9 Å². The fourth-order valence-electron chi connectivity index (χ4n) is 1.69. The molecule has 0 aliphatic carbocycles. The van der Waals surface area contributed by atoms with Crippen LogP contribution in [0.1, 0.15) is 24.8 Å². The lowest BCUT2D eigenvalue weighted by Gasteiger charge is -2.13. The third-order valence-corrected chi connectivity index (χ3v) is 4.91. The first-order chi connectivity index (χ1) is 8.49. The Labute approximate surface area is 125 Å². The molecule has 0 fully saturated rings. The first kappa shape index (κ1) is 14.1. The zero-order valence-corrected chi connectivity index (χ0v) is 13.4. The molecule has 1 unspecified atom stereocenters. The number of nitrogens with two attached hydrogens (primary N) is 1. The predicted molar refractivity (Wildman–Crippen MR) is 84.2 cm³/mol. The molecule has 1 nitrogen and oxygen atoms in total. The van der Waals surface area contributed by atoms with Crippen molar-refractivity contribution in [2.24, 2.45) is 11.7 Å². The number of halogens is 2. The molecule has 2 aromatic rings. The molecule has 2 N–H and O–H groups in total. The highest BCUT2D eigenvalue weighted by atomic mass is 79.9. The predicted octanol–water partition coefficient (Wildman–Crippen LogP) is 5.49. The molecule has 96 valence electrons. The van der Waals surface area contributed by atoms with E-state index in [-0.39, 0.29) is 6.04 Å². The second kappa shape index (κ2) is 5.74. The first-order valence-electron chi connectivity index (χ1n) is 5.79. The molecule has 1 aromatic carbocycles. The van der Waals surface area contributed by atoms with E-state index in [1.54, 1.807) is 11.3 Å². The smallest absolute Gasteiger partial charge is 0.0493 e. The molecule has 0 aliphatic heterocycles. The standard InChI is InChI=1S/C14H15BrClNS/c1-8(2)14(17)13-6-5-12(18-13)10-7-9(15)3-4-11(10)16/h3-8,14H,17H2,1-2H3. The maximum atomic E-state index is 6.24. The largest absolute Gasteiger partial charge is 0.323 e. The summed E-state index contributed by atoms with van der Waals surface area (Å²) in [6.07, 6.45) is 0. The lowest BCUT2D eigenvalue weighted by Crippen LogP contribution is -2.14. The van der Waals surface area contributed by atoms with Crippen molar-refractivity contribution in [3.8, 4) is 10.4 Å². The van der Waals surface area contributed by atoms with Crippen LogP contribution in [0.2, 0.25) is 5.02 Å². The highest BCUT2D eigenvalue weighted by molar-refractivity contribution is 9.10. The lowest BCUT2D eigenvalue weighted by atomic mass is 10.0. The number of rotatable bonds is 3. The molecule has 0 aliphatic rings. The zero-order valence-electron chi connectivity index (χ0n) is 10.3. The summed E-state index contributed by atoms with van der Waals surface area (Å²) >= 11 is 11.4. The maximum Gasteiger partial charge on any atom is 0.0493 e. The van der Waals surface area contributed by atoms with E-state index < -0.39 is 0 Å². The van der Waals surface area contributed by atoms with Crippen molar-refractivity contribution >= 4 is 38.9 Å². The van der Waals surface area contributed by atoms with Crippen molar-refractivity contribution in [2.45, 2.75) is 19.9 Å². The third-order valence-electron chi connectivity index (χ3n) is 2.87.